The van der Waals surface area contributed by atoms with Crippen LogP contribution in [0, 0.1) is 0 Å². The second-order valence-corrected chi connectivity index (χ2v) is 4.72. The highest BCUT2D eigenvalue weighted by Crippen LogP contribution is 2.24. The molecule has 98 valence electrons. The number of hydrogen-bond acceptors (Lipinski definition) is 5. The van der Waals surface area contributed by atoms with Gasteiger partial charge in [0.2, 0.25) is 0 Å². The fourth-order valence-electron chi connectivity index (χ4n) is 1.91. The average molecular weight is 245 g/mol. The molecular formula is C11H19NO5. The molecule has 2 atom stereocenters. The summed E-state index contributed by atoms with van der Waals surface area (Å²) in [5.74, 6) is -0.411. The van der Waals surface area contributed by atoms with Gasteiger partial charge >= 0.3 is 12.1 Å². The summed E-state index contributed by atoms with van der Waals surface area (Å²) in [6.07, 6.45) is 0.497. The van der Waals surface area contributed by atoms with E-state index in [1.165, 1.54) is 0 Å². The van der Waals surface area contributed by atoms with Gasteiger partial charge in [-0.2, -0.15) is 0 Å². The van der Waals surface area contributed by atoms with Crippen molar-refractivity contribution in [2.75, 3.05) is 13.2 Å². The topological polar surface area (TPSA) is 73.9 Å². The molecular weight excluding hydrogens is 226 g/mol. The first kappa shape index (κ1) is 12.2. The van der Waals surface area contributed by atoms with E-state index in [0.29, 0.717) is 26.1 Å². The number of cyclic esters (lactones) is 1. The van der Waals surface area contributed by atoms with Crippen LogP contribution in [0.3, 0.4) is 0 Å². The zero-order valence-electron chi connectivity index (χ0n) is 10.0. The maximum absolute atomic E-state index is 11.6. The molecule has 2 rings (SSSR count). The van der Waals surface area contributed by atoms with Gasteiger partial charge in [0.1, 0.15) is 11.7 Å². The highest BCUT2D eigenvalue weighted by molar-refractivity contribution is 5.86. The van der Waals surface area contributed by atoms with Crippen molar-refractivity contribution in [3.63, 3.8) is 0 Å². The molecule has 2 aliphatic heterocycles. The predicted molar refractivity (Wildman–Crippen MR) is 59.5 cm³/mol. The Labute approximate surface area is 101 Å². The first-order valence-corrected chi connectivity index (χ1v) is 5.78. The Bertz CT molecular complexity index is 329. The van der Waals surface area contributed by atoms with Crippen LogP contribution in [0.5, 0.6) is 0 Å². The average Bonchev–Trinajstić information content (AvgIpc) is 2.27. The molecule has 6 nitrogen and oxygen atoms in total. The zero-order chi connectivity index (χ0) is 12.5. The Morgan fingerprint density at radius 3 is 2.71 bits per heavy atom. The third kappa shape index (κ3) is 2.69. The van der Waals surface area contributed by atoms with Crippen LogP contribution in [-0.2, 0) is 19.0 Å². The van der Waals surface area contributed by atoms with Crippen LogP contribution in [0.4, 0.5) is 4.79 Å². The van der Waals surface area contributed by atoms with Crippen LogP contribution in [-0.4, -0.2) is 43.0 Å². The van der Waals surface area contributed by atoms with Crippen LogP contribution in [0.15, 0.2) is 0 Å². The Kier molecular flexibility index (Phi) is 3.24. The molecule has 1 N–H and O–H groups in total. The lowest BCUT2D eigenvalue weighted by atomic mass is 9.97. The molecule has 0 unspecified atom stereocenters. The molecule has 2 fully saturated rings. The number of amides is 1. The SMILES string of the molecule is C[C@@H]1OC(=O)[C@@H]1NC(=O)OC1(C)CCOCC1.[HH]. The van der Waals surface area contributed by atoms with Crippen LogP contribution in [0.1, 0.15) is 28.1 Å². The number of carbonyl (C=O) groups is 2. The highest BCUT2D eigenvalue weighted by Gasteiger charge is 2.41. The van der Waals surface area contributed by atoms with Crippen LogP contribution in [0.2, 0.25) is 0 Å². The highest BCUT2D eigenvalue weighted by atomic mass is 16.6. The van der Waals surface area contributed by atoms with Gasteiger partial charge in [-0.3, -0.25) is 0 Å². The Balaban J connectivity index is 0.00000162. The number of rotatable bonds is 2. The van der Waals surface area contributed by atoms with Gasteiger partial charge in [0.25, 0.3) is 0 Å². The molecule has 2 saturated heterocycles. The first-order valence-electron chi connectivity index (χ1n) is 5.78. The Morgan fingerprint density at radius 2 is 2.18 bits per heavy atom. The normalized spacial score (nSPS) is 31.1. The molecule has 0 aromatic carbocycles. The molecule has 0 bridgehead atoms. The van der Waals surface area contributed by atoms with Gasteiger partial charge < -0.3 is 19.5 Å². The molecule has 0 aromatic rings. The number of alkyl carbamates (subject to hydrolysis) is 1. The lowest BCUT2D eigenvalue weighted by Gasteiger charge is -2.36. The lowest BCUT2D eigenvalue weighted by molar-refractivity contribution is -0.174. The third-order valence-corrected chi connectivity index (χ3v) is 3.19. The Hall–Kier alpha value is -1.30. The maximum atomic E-state index is 11.6. The third-order valence-electron chi connectivity index (χ3n) is 3.19. The quantitative estimate of drug-likeness (QED) is 0.730. The zero-order valence-corrected chi connectivity index (χ0v) is 10.0. The summed E-state index contributed by atoms with van der Waals surface area (Å²) in [5, 5.41) is 2.51. The van der Waals surface area contributed by atoms with Crippen molar-refractivity contribution < 1.29 is 25.2 Å². The monoisotopic (exact) mass is 245 g/mol. The molecule has 0 aliphatic carbocycles. The van der Waals surface area contributed by atoms with Gasteiger partial charge in [0.15, 0.2) is 6.04 Å². The molecule has 0 spiro atoms. The van der Waals surface area contributed by atoms with Crippen molar-refractivity contribution >= 4 is 12.1 Å². The predicted octanol–water partition coefficient (Wildman–Crippen LogP) is 0.842. The maximum Gasteiger partial charge on any atom is 0.408 e. The molecule has 2 heterocycles. The summed E-state index contributed by atoms with van der Waals surface area (Å²) >= 11 is 0. The van der Waals surface area contributed by atoms with Gasteiger partial charge in [0.05, 0.1) is 13.2 Å². The van der Waals surface area contributed by atoms with E-state index in [0.717, 1.165) is 0 Å². The number of esters is 1. The van der Waals surface area contributed by atoms with E-state index in [1.807, 2.05) is 6.92 Å². The van der Waals surface area contributed by atoms with E-state index >= 15 is 0 Å². The van der Waals surface area contributed by atoms with Gasteiger partial charge in [-0.15, -0.1) is 0 Å². The number of nitrogens with one attached hydrogen (secondary N) is 1. The van der Waals surface area contributed by atoms with Crippen LogP contribution < -0.4 is 5.32 Å². The Morgan fingerprint density at radius 1 is 1.53 bits per heavy atom. The molecule has 0 saturated carbocycles. The minimum atomic E-state index is -0.578. The summed E-state index contributed by atoms with van der Waals surface area (Å²) < 4.78 is 15.3. The standard InChI is InChI=1S/C11H17NO5.H2/c1-7-8(9(13)16-7)12-10(14)17-11(2)3-5-15-6-4-11;/h7-8H,3-6H2,1-2H3,(H,12,14);1H/t7-,8+;/m0./s1. The van der Waals surface area contributed by atoms with E-state index in [4.69, 9.17) is 14.2 Å². The van der Waals surface area contributed by atoms with Crippen molar-refractivity contribution in [3.8, 4) is 0 Å². The van der Waals surface area contributed by atoms with Crippen molar-refractivity contribution in [1.82, 2.24) is 5.32 Å². The molecule has 0 radical (unpaired) electrons. The van der Waals surface area contributed by atoms with Crippen LogP contribution in [0.25, 0.3) is 0 Å². The van der Waals surface area contributed by atoms with E-state index in [9.17, 15) is 9.59 Å². The molecule has 17 heavy (non-hydrogen) atoms. The van der Waals surface area contributed by atoms with Crippen LogP contribution >= 0.6 is 0 Å². The molecule has 0 aromatic heterocycles. The summed E-state index contributed by atoms with van der Waals surface area (Å²) in [5.41, 5.74) is -0.501. The second kappa shape index (κ2) is 4.52. The van der Waals surface area contributed by atoms with E-state index in [2.05, 4.69) is 5.32 Å². The fourth-order valence-corrected chi connectivity index (χ4v) is 1.91. The molecule has 2 aliphatic rings. The second-order valence-electron chi connectivity index (χ2n) is 4.72. The van der Waals surface area contributed by atoms with Crippen molar-refractivity contribution in [3.05, 3.63) is 0 Å². The number of hydrogen-bond donors (Lipinski definition) is 1. The summed E-state index contributed by atoms with van der Waals surface area (Å²) in [6, 6.07) is -0.578. The number of ether oxygens (including phenoxy) is 3. The minimum Gasteiger partial charge on any atom is -0.458 e. The van der Waals surface area contributed by atoms with Crippen molar-refractivity contribution in [2.45, 2.75) is 44.4 Å². The van der Waals surface area contributed by atoms with E-state index in [-0.39, 0.29) is 7.53 Å². The largest absolute Gasteiger partial charge is 0.458 e. The van der Waals surface area contributed by atoms with Crippen molar-refractivity contribution in [2.24, 2.45) is 0 Å². The van der Waals surface area contributed by atoms with E-state index in [1.54, 1.807) is 6.92 Å². The van der Waals surface area contributed by atoms with Gasteiger partial charge in [-0.05, 0) is 13.8 Å². The van der Waals surface area contributed by atoms with Gasteiger partial charge in [-0.1, -0.05) is 0 Å². The smallest absolute Gasteiger partial charge is 0.408 e. The van der Waals surface area contributed by atoms with Crippen molar-refractivity contribution in [1.29, 1.82) is 0 Å². The number of carbonyl (C=O) groups excluding carboxylic acids is 2. The first-order chi connectivity index (χ1) is 8.00. The fraction of sp³-hybridized carbons (Fsp3) is 0.818. The van der Waals surface area contributed by atoms with E-state index < -0.39 is 23.7 Å². The minimum absolute atomic E-state index is 0. The summed E-state index contributed by atoms with van der Waals surface area (Å²) in [6.45, 7) is 4.78. The molecule has 6 heteroatoms. The van der Waals surface area contributed by atoms with Gasteiger partial charge in [0, 0.05) is 14.3 Å². The lowest BCUT2D eigenvalue weighted by Crippen LogP contribution is -2.59. The summed E-state index contributed by atoms with van der Waals surface area (Å²) in [4.78, 5) is 22.7. The van der Waals surface area contributed by atoms with Gasteiger partial charge in [-0.25, -0.2) is 9.59 Å². The summed E-state index contributed by atoms with van der Waals surface area (Å²) in [7, 11) is 0. The molecule has 1 amide bonds.